The van der Waals surface area contributed by atoms with Gasteiger partial charge in [0.05, 0.1) is 5.69 Å². The molecule has 2 amide bonds. The summed E-state index contributed by atoms with van der Waals surface area (Å²) in [5.74, 6) is -2.14. The number of amides is 2. The molecular formula is C14H14N2O3. The molecule has 0 spiro atoms. The van der Waals surface area contributed by atoms with Gasteiger partial charge in [-0.1, -0.05) is 12.1 Å². The van der Waals surface area contributed by atoms with Crippen LogP contribution in [0.25, 0.3) is 0 Å². The standard InChI is InChI=1S/C14H14N2O3/c1-9-5-4-6-10(7-9)16-13(18)11(8-15(2)3)12(17)14(16)19/h4-8H,1-3H3/b11-8+. The van der Waals surface area contributed by atoms with Crippen LogP contribution in [0.1, 0.15) is 5.56 Å². The molecule has 19 heavy (non-hydrogen) atoms. The first-order valence-electron chi connectivity index (χ1n) is 5.80. The van der Waals surface area contributed by atoms with Crippen molar-refractivity contribution in [1.82, 2.24) is 4.90 Å². The fraction of sp³-hybridized carbons (Fsp3) is 0.214. The first-order chi connectivity index (χ1) is 8.91. The Balaban J connectivity index is 2.47. The lowest BCUT2D eigenvalue weighted by Gasteiger charge is -2.13. The lowest BCUT2D eigenvalue weighted by molar-refractivity contribution is -0.132. The van der Waals surface area contributed by atoms with E-state index in [4.69, 9.17) is 0 Å². The molecule has 0 atom stereocenters. The Morgan fingerprint density at radius 3 is 2.37 bits per heavy atom. The van der Waals surface area contributed by atoms with Crippen LogP contribution in [0.5, 0.6) is 0 Å². The van der Waals surface area contributed by atoms with Crippen LogP contribution in [0.2, 0.25) is 0 Å². The lowest BCUT2D eigenvalue weighted by atomic mass is 10.2. The third-order valence-electron chi connectivity index (χ3n) is 2.72. The van der Waals surface area contributed by atoms with Crippen LogP contribution in [0.4, 0.5) is 5.69 Å². The van der Waals surface area contributed by atoms with Gasteiger partial charge in [-0.15, -0.1) is 0 Å². The van der Waals surface area contributed by atoms with Crippen molar-refractivity contribution in [3.63, 3.8) is 0 Å². The van der Waals surface area contributed by atoms with E-state index in [1.165, 1.54) is 6.20 Å². The van der Waals surface area contributed by atoms with Crippen LogP contribution >= 0.6 is 0 Å². The van der Waals surface area contributed by atoms with Crippen LogP contribution in [-0.2, 0) is 14.4 Å². The van der Waals surface area contributed by atoms with Gasteiger partial charge in [0.2, 0.25) is 0 Å². The van der Waals surface area contributed by atoms with E-state index in [1.54, 1.807) is 37.2 Å². The van der Waals surface area contributed by atoms with Crippen molar-refractivity contribution >= 4 is 23.3 Å². The summed E-state index contributed by atoms with van der Waals surface area (Å²) in [6.07, 6.45) is 1.37. The minimum Gasteiger partial charge on any atom is -0.383 e. The first kappa shape index (κ1) is 13.0. The molecule has 0 unspecified atom stereocenters. The van der Waals surface area contributed by atoms with Gasteiger partial charge < -0.3 is 4.90 Å². The maximum Gasteiger partial charge on any atom is 0.306 e. The first-order valence-corrected chi connectivity index (χ1v) is 5.80. The second-order valence-electron chi connectivity index (χ2n) is 4.62. The molecule has 1 aromatic rings. The van der Waals surface area contributed by atoms with Crippen molar-refractivity contribution < 1.29 is 14.4 Å². The Morgan fingerprint density at radius 1 is 1.11 bits per heavy atom. The number of anilines is 1. The summed E-state index contributed by atoms with van der Waals surface area (Å²) >= 11 is 0. The number of nitrogens with zero attached hydrogens (tertiary/aromatic N) is 2. The predicted molar refractivity (Wildman–Crippen MR) is 70.4 cm³/mol. The third-order valence-corrected chi connectivity index (χ3v) is 2.72. The molecule has 0 aliphatic carbocycles. The molecule has 1 heterocycles. The van der Waals surface area contributed by atoms with Crippen molar-refractivity contribution in [1.29, 1.82) is 0 Å². The highest BCUT2D eigenvalue weighted by Crippen LogP contribution is 2.24. The quantitative estimate of drug-likeness (QED) is 0.342. The number of benzene rings is 1. The SMILES string of the molecule is Cc1cccc(N2C(=O)C(=O)/C(=C\N(C)C)C2=O)c1. The molecule has 1 aliphatic heterocycles. The summed E-state index contributed by atoms with van der Waals surface area (Å²) < 4.78 is 0. The molecule has 0 bridgehead atoms. The zero-order valence-electron chi connectivity index (χ0n) is 11.0. The van der Waals surface area contributed by atoms with E-state index in [2.05, 4.69) is 0 Å². The summed E-state index contributed by atoms with van der Waals surface area (Å²) in [5, 5.41) is 0. The van der Waals surface area contributed by atoms with Crippen LogP contribution in [0.3, 0.4) is 0 Å². The normalized spacial score (nSPS) is 17.5. The molecule has 0 aromatic heterocycles. The van der Waals surface area contributed by atoms with E-state index in [0.29, 0.717) is 5.69 Å². The topological polar surface area (TPSA) is 57.7 Å². The van der Waals surface area contributed by atoms with Gasteiger partial charge in [-0.25, -0.2) is 4.90 Å². The van der Waals surface area contributed by atoms with Gasteiger partial charge in [0.25, 0.3) is 11.7 Å². The lowest BCUT2D eigenvalue weighted by Crippen LogP contribution is -2.30. The van der Waals surface area contributed by atoms with Gasteiger partial charge in [0.15, 0.2) is 0 Å². The Morgan fingerprint density at radius 2 is 1.79 bits per heavy atom. The summed E-state index contributed by atoms with van der Waals surface area (Å²) in [4.78, 5) is 38.4. The average Bonchev–Trinajstić information content (AvgIpc) is 2.53. The number of Topliss-reactive ketones (excluding diaryl/α,β-unsaturated/α-hetero) is 1. The molecule has 1 saturated heterocycles. The number of rotatable bonds is 2. The van der Waals surface area contributed by atoms with Crippen LogP contribution < -0.4 is 4.90 Å². The molecule has 1 aromatic carbocycles. The molecule has 5 nitrogen and oxygen atoms in total. The fourth-order valence-corrected chi connectivity index (χ4v) is 1.90. The molecule has 0 radical (unpaired) electrons. The van der Waals surface area contributed by atoms with Gasteiger partial charge in [0, 0.05) is 20.3 Å². The summed E-state index contributed by atoms with van der Waals surface area (Å²) in [6.45, 7) is 1.85. The highest BCUT2D eigenvalue weighted by molar-refractivity contribution is 6.63. The second kappa shape index (κ2) is 4.68. The molecular weight excluding hydrogens is 244 g/mol. The number of hydrogen-bond acceptors (Lipinski definition) is 4. The average molecular weight is 258 g/mol. The largest absolute Gasteiger partial charge is 0.383 e. The molecule has 5 heteroatoms. The van der Waals surface area contributed by atoms with E-state index in [1.807, 2.05) is 13.0 Å². The zero-order valence-corrected chi connectivity index (χ0v) is 11.0. The Kier molecular flexibility index (Phi) is 3.21. The fourth-order valence-electron chi connectivity index (χ4n) is 1.90. The number of hydrogen-bond donors (Lipinski definition) is 0. The summed E-state index contributed by atoms with van der Waals surface area (Å²) in [6, 6.07) is 6.92. The van der Waals surface area contributed by atoms with Crippen molar-refractivity contribution in [3.8, 4) is 0 Å². The molecule has 1 fully saturated rings. The maximum atomic E-state index is 12.2. The zero-order chi connectivity index (χ0) is 14.2. The van der Waals surface area contributed by atoms with Crippen LogP contribution in [0.15, 0.2) is 36.0 Å². The highest BCUT2D eigenvalue weighted by atomic mass is 16.2. The van der Waals surface area contributed by atoms with E-state index in [-0.39, 0.29) is 5.57 Å². The minimum atomic E-state index is -0.802. The van der Waals surface area contributed by atoms with Gasteiger partial charge in [-0.2, -0.15) is 0 Å². The van der Waals surface area contributed by atoms with Gasteiger partial charge >= 0.3 is 5.91 Å². The summed E-state index contributed by atoms with van der Waals surface area (Å²) in [5.41, 5.74) is 1.23. The van der Waals surface area contributed by atoms with Gasteiger partial charge in [-0.05, 0) is 24.6 Å². The Labute approximate surface area is 111 Å². The van der Waals surface area contributed by atoms with Crippen molar-refractivity contribution in [2.24, 2.45) is 0 Å². The predicted octanol–water partition coefficient (Wildman–Crippen LogP) is 0.883. The smallest absolute Gasteiger partial charge is 0.306 e. The van der Waals surface area contributed by atoms with Crippen molar-refractivity contribution in [2.75, 3.05) is 19.0 Å². The molecule has 1 aliphatic rings. The van der Waals surface area contributed by atoms with E-state index >= 15 is 0 Å². The number of carbonyl (C=O) groups is 3. The number of ketones is 1. The maximum absolute atomic E-state index is 12.2. The highest BCUT2D eigenvalue weighted by Gasteiger charge is 2.43. The molecule has 98 valence electrons. The van der Waals surface area contributed by atoms with Gasteiger partial charge in [0.1, 0.15) is 5.57 Å². The molecule has 0 N–H and O–H groups in total. The molecule has 2 rings (SSSR count). The van der Waals surface area contributed by atoms with Crippen molar-refractivity contribution in [3.05, 3.63) is 41.6 Å². The van der Waals surface area contributed by atoms with Crippen LogP contribution in [-0.4, -0.2) is 36.6 Å². The van der Waals surface area contributed by atoms with Gasteiger partial charge in [-0.3, -0.25) is 14.4 Å². The third kappa shape index (κ3) is 2.27. The molecule has 0 saturated carbocycles. The van der Waals surface area contributed by atoms with E-state index in [9.17, 15) is 14.4 Å². The Hall–Kier alpha value is -2.43. The number of aryl methyl sites for hydroxylation is 1. The monoisotopic (exact) mass is 258 g/mol. The van der Waals surface area contributed by atoms with E-state index in [0.717, 1.165) is 10.5 Å². The minimum absolute atomic E-state index is 0.100. The Bertz CT molecular complexity index is 602. The summed E-state index contributed by atoms with van der Waals surface area (Å²) in [7, 11) is 3.38. The number of imide groups is 1. The van der Waals surface area contributed by atoms with E-state index < -0.39 is 17.6 Å². The number of carbonyl (C=O) groups excluding carboxylic acids is 3. The van der Waals surface area contributed by atoms with Crippen molar-refractivity contribution in [2.45, 2.75) is 6.92 Å². The second-order valence-corrected chi connectivity index (χ2v) is 4.62. The van der Waals surface area contributed by atoms with Crippen LogP contribution in [0, 0.1) is 6.92 Å².